The Morgan fingerprint density at radius 1 is 1.16 bits per heavy atom. The fourth-order valence-corrected chi connectivity index (χ4v) is 4.87. The fourth-order valence-electron chi connectivity index (χ4n) is 4.04. The first kappa shape index (κ1) is 21.8. The zero-order valence-electron chi connectivity index (χ0n) is 17.8. The summed E-state index contributed by atoms with van der Waals surface area (Å²) in [5, 5.41) is 4.91. The number of ether oxygens (including phenoxy) is 3. The van der Waals surface area contributed by atoms with Crippen LogP contribution in [-0.4, -0.2) is 68.4 Å². The average molecular weight is 445 g/mol. The predicted molar refractivity (Wildman–Crippen MR) is 118 cm³/mol. The van der Waals surface area contributed by atoms with E-state index in [1.165, 1.54) is 11.3 Å². The molecule has 31 heavy (non-hydrogen) atoms. The number of nitrogens with zero attached hydrogens (tertiary/aromatic N) is 1. The molecule has 2 fully saturated rings. The molecule has 2 aliphatic heterocycles. The standard InChI is InChI=1S/C23H28N2O5S/c1-15-9-10-31-22(15)23(27)24-17-13-29-19-11-25(12-20(19)30-14-17)21(26)8-7-16-5-3-4-6-18(16)28-2/h3-6,9-10,17,19-20H,7-8,11-14H2,1-2H3,(H,24,27)/t19-,20-/m0/s1. The van der Waals surface area contributed by atoms with Crippen LogP contribution >= 0.6 is 11.3 Å². The summed E-state index contributed by atoms with van der Waals surface area (Å²) in [4.78, 5) is 27.7. The summed E-state index contributed by atoms with van der Waals surface area (Å²) in [6.45, 7) is 3.71. The van der Waals surface area contributed by atoms with Crippen LogP contribution in [0.25, 0.3) is 0 Å². The van der Waals surface area contributed by atoms with Crippen LogP contribution in [0, 0.1) is 6.92 Å². The molecule has 0 spiro atoms. The van der Waals surface area contributed by atoms with Crippen LogP contribution in [0.4, 0.5) is 0 Å². The van der Waals surface area contributed by atoms with Crippen molar-refractivity contribution in [2.75, 3.05) is 33.4 Å². The summed E-state index contributed by atoms with van der Waals surface area (Å²) in [6, 6.07) is 9.50. The molecule has 2 atom stereocenters. The van der Waals surface area contributed by atoms with Gasteiger partial charge in [-0.05, 0) is 42.0 Å². The van der Waals surface area contributed by atoms with Crippen molar-refractivity contribution in [2.24, 2.45) is 0 Å². The lowest BCUT2D eigenvalue weighted by molar-refractivity contribution is -0.131. The van der Waals surface area contributed by atoms with Gasteiger partial charge < -0.3 is 24.4 Å². The lowest BCUT2D eigenvalue weighted by Gasteiger charge is -2.19. The topological polar surface area (TPSA) is 77.1 Å². The highest BCUT2D eigenvalue weighted by Crippen LogP contribution is 2.23. The number of aryl methyl sites for hydroxylation is 2. The van der Waals surface area contributed by atoms with E-state index in [0.717, 1.165) is 21.8 Å². The molecule has 0 aliphatic carbocycles. The van der Waals surface area contributed by atoms with Gasteiger partial charge in [0.05, 0.1) is 31.2 Å². The second-order valence-corrected chi connectivity index (χ2v) is 8.87. The third-order valence-electron chi connectivity index (χ3n) is 5.80. The van der Waals surface area contributed by atoms with Gasteiger partial charge in [0.2, 0.25) is 5.91 Å². The van der Waals surface area contributed by atoms with Gasteiger partial charge in [-0.25, -0.2) is 0 Å². The number of benzene rings is 1. The van der Waals surface area contributed by atoms with Crippen LogP contribution in [0.1, 0.15) is 27.2 Å². The van der Waals surface area contributed by atoms with Crippen molar-refractivity contribution in [3.05, 3.63) is 51.7 Å². The summed E-state index contributed by atoms with van der Waals surface area (Å²) in [7, 11) is 1.64. The lowest BCUT2D eigenvalue weighted by Crippen LogP contribution is -2.41. The Bertz CT molecular complexity index is 914. The van der Waals surface area contributed by atoms with E-state index in [-0.39, 0.29) is 30.1 Å². The first-order valence-electron chi connectivity index (χ1n) is 10.5. The molecule has 0 saturated carbocycles. The second-order valence-electron chi connectivity index (χ2n) is 7.96. The molecule has 2 aliphatic rings. The quantitative estimate of drug-likeness (QED) is 0.741. The van der Waals surface area contributed by atoms with Crippen LogP contribution in [0.2, 0.25) is 0 Å². The SMILES string of the molecule is COc1ccccc1CCC(=O)N1C[C@@H]2OCC(NC(=O)c3sccc3C)CO[C@H]2C1. The van der Waals surface area contributed by atoms with Crippen molar-refractivity contribution < 1.29 is 23.8 Å². The Morgan fingerprint density at radius 3 is 2.52 bits per heavy atom. The van der Waals surface area contributed by atoms with E-state index in [4.69, 9.17) is 14.2 Å². The van der Waals surface area contributed by atoms with E-state index < -0.39 is 0 Å². The van der Waals surface area contributed by atoms with Gasteiger partial charge in [0.15, 0.2) is 0 Å². The number of amides is 2. The Labute approximate surface area is 186 Å². The molecule has 4 rings (SSSR count). The van der Waals surface area contributed by atoms with E-state index in [1.807, 2.05) is 47.5 Å². The molecule has 0 radical (unpaired) electrons. The largest absolute Gasteiger partial charge is 0.496 e. The molecule has 2 saturated heterocycles. The van der Waals surface area contributed by atoms with E-state index in [9.17, 15) is 9.59 Å². The van der Waals surface area contributed by atoms with Gasteiger partial charge in [-0.2, -0.15) is 0 Å². The molecule has 0 bridgehead atoms. The number of nitrogens with one attached hydrogen (secondary N) is 1. The molecule has 2 amide bonds. The maximum Gasteiger partial charge on any atom is 0.261 e. The van der Waals surface area contributed by atoms with Crippen molar-refractivity contribution in [2.45, 2.75) is 38.0 Å². The van der Waals surface area contributed by atoms with E-state index in [0.29, 0.717) is 39.1 Å². The highest BCUT2D eigenvalue weighted by Gasteiger charge is 2.39. The lowest BCUT2D eigenvalue weighted by atomic mass is 10.1. The first-order valence-corrected chi connectivity index (χ1v) is 11.4. The minimum atomic E-state index is -0.200. The third kappa shape index (κ3) is 5.08. The maximum absolute atomic E-state index is 12.7. The van der Waals surface area contributed by atoms with Crippen molar-refractivity contribution >= 4 is 23.2 Å². The summed E-state index contributed by atoms with van der Waals surface area (Å²) in [6.07, 6.45) is 0.715. The van der Waals surface area contributed by atoms with Crippen molar-refractivity contribution in [1.82, 2.24) is 10.2 Å². The van der Waals surface area contributed by atoms with Crippen molar-refractivity contribution in [3.63, 3.8) is 0 Å². The summed E-state index contributed by atoms with van der Waals surface area (Å²) >= 11 is 1.43. The normalized spacial score (nSPS) is 21.4. The molecule has 0 unspecified atom stereocenters. The molecule has 7 nitrogen and oxygen atoms in total. The van der Waals surface area contributed by atoms with Gasteiger partial charge in [-0.3, -0.25) is 9.59 Å². The van der Waals surface area contributed by atoms with E-state index in [1.54, 1.807) is 7.11 Å². The molecule has 3 heterocycles. The monoisotopic (exact) mass is 444 g/mol. The van der Waals surface area contributed by atoms with Crippen LogP contribution in [0.5, 0.6) is 5.75 Å². The molecule has 1 N–H and O–H groups in total. The van der Waals surface area contributed by atoms with Crippen molar-refractivity contribution in [3.8, 4) is 5.75 Å². The minimum absolute atomic E-state index is 0.0872. The summed E-state index contributed by atoms with van der Waals surface area (Å²) in [5.41, 5.74) is 2.00. The number of carbonyl (C=O) groups excluding carboxylic acids is 2. The first-order chi connectivity index (χ1) is 15.0. The van der Waals surface area contributed by atoms with Crippen LogP contribution in [0.3, 0.4) is 0 Å². The average Bonchev–Trinajstić information content (AvgIpc) is 3.35. The van der Waals surface area contributed by atoms with Crippen molar-refractivity contribution in [1.29, 1.82) is 0 Å². The highest BCUT2D eigenvalue weighted by molar-refractivity contribution is 7.12. The van der Waals surface area contributed by atoms with Crippen LogP contribution in [-0.2, 0) is 20.7 Å². The Balaban J connectivity index is 1.26. The second kappa shape index (κ2) is 9.80. The number of thiophene rings is 1. The van der Waals surface area contributed by atoms with Crippen LogP contribution < -0.4 is 10.1 Å². The number of fused-ring (bicyclic) bond motifs is 1. The Morgan fingerprint density at radius 2 is 1.87 bits per heavy atom. The van der Waals surface area contributed by atoms with Gasteiger partial charge in [-0.15, -0.1) is 11.3 Å². The molecule has 1 aromatic heterocycles. The summed E-state index contributed by atoms with van der Waals surface area (Å²) < 4.78 is 17.4. The number of carbonyl (C=O) groups is 2. The minimum Gasteiger partial charge on any atom is -0.496 e. The van der Waals surface area contributed by atoms with Gasteiger partial charge in [0.25, 0.3) is 5.91 Å². The molecular weight excluding hydrogens is 416 g/mol. The molecule has 8 heteroatoms. The van der Waals surface area contributed by atoms with E-state index >= 15 is 0 Å². The van der Waals surface area contributed by atoms with Gasteiger partial charge in [-0.1, -0.05) is 18.2 Å². The number of hydrogen-bond donors (Lipinski definition) is 1. The zero-order chi connectivity index (χ0) is 21.8. The third-order valence-corrected chi connectivity index (χ3v) is 6.81. The highest BCUT2D eigenvalue weighted by atomic mass is 32.1. The number of methoxy groups -OCH3 is 1. The number of likely N-dealkylation sites (tertiary alicyclic amines) is 1. The van der Waals surface area contributed by atoms with E-state index in [2.05, 4.69) is 5.32 Å². The molecule has 166 valence electrons. The fraction of sp³-hybridized carbons (Fsp3) is 0.478. The number of hydrogen-bond acceptors (Lipinski definition) is 6. The Hall–Kier alpha value is -2.42. The number of para-hydroxylation sites is 1. The molecule has 1 aromatic carbocycles. The predicted octanol–water partition coefficient (Wildman–Crippen LogP) is 2.42. The molecule has 2 aromatic rings. The van der Waals surface area contributed by atoms with Gasteiger partial charge >= 0.3 is 0 Å². The zero-order valence-corrected chi connectivity index (χ0v) is 18.7. The molecular formula is C23H28N2O5S. The van der Waals surface area contributed by atoms with Crippen LogP contribution in [0.15, 0.2) is 35.7 Å². The van der Waals surface area contributed by atoms with Gasteiger partial charge in [0.1, 0.15) is 18.0 Å². The summed E-state index contributed by atoms with van der Waals surface area (Å²) in [5.74, 6) is 0.800. The Kier molecular flexibility index (Phi) is 6.89. The van der Waals surface area contributed by atoms with Gasteiger partial charge in [0, 0.05) is 19.5 Å². The number of rotatable bonds is 6. The maximum atomic E-state index is 12.7. The smallest absolute Gasteiger partial charge is 0.261 e.